The molecule has 0 bridgehead atoms. The predicted octanol–water partition coefficient (Wildman–Crippen LogP) is 2.48. The Labute approximate surface area is 188 Å². The Kier molecular flexibility index (Phi) is 5.06. The predicted molar refractivity (Wildman–Crippen MR) is 129 cm³/mol. The van der Waals surface area contributed by atoms with Crippen molar-refractivity contribution < 1.29 is 0 Å². The minimum atomic E-state index is -0.438. The van der Waals surface area contributed by atoms with E-state index in [1.54, 1.807) is 17.8 Å². The quantitative estimate of drug-likeness (QED) is 0.335. The van der Waals surface area contributed by atoms with Crippen LogP contribution in [0.4, 0.5) is 5.95 Å². The second kappa shape index (κ2) is 8.19. The minimum absolute atomic E-state index is 0.292. The van der Waals surface area contributed by atoms with Gasteiger partial charge < -0.3 is 0 Å². The SMILES string of the molecule is Cn1c(=O)c2c(nc(N/N=C\c3ccc4ccccc4n3)n2Cc2ccccc2)n(C)c1=O. The smallest absolute Gasteiger partial charge is 0.298 e. The first kappa shape index (κ1) is 20.4. The van der Waals surface area contributed by atoms with E-state index in [1.165, 1.54) is 11.6 Å². The number of pyridine rings is 1. The van der Waals surface area contributed by atoms with Gasteiger partial charge in [-0.1, -0.05) is 54.6 Å². The third kappa shape index (κ3) is 3.69. The van der Waals surface area contributed by atoms with Gasteiger partial charge in [-0.05, 0) is 17.7 Å². The zero-order valence-electron chi connectivity index (χ0n) is 18.1. The number of benzene rings is 2. The van der Waals surface area contributed by atoms with Crippen molar-refractivity contribution in [3.63, 3.8) is 0 Å². The van der Waals surface area contributed by atoms with Crippen LogP contribution in [0.1, 0.15) is 11.3 Å². The molecule has 0 saturated carbocycles. The number of anilines is 1. The molecule has 3 aromatic heterocycles. The van der Waals surface area contributed by atoms with E-state index < -0.39 is 11.2 Å². The number of para-hydroxylation sites is 1. The van der Waals surface area contributed by atoms with Gasteiger partial charge in [0, 0.05) is 19.5 Å². The Hall–Kier alpha value is -4.53. The first-order chi connectivity index (χ1) is 16.0. The lowest BCUT2D eigenvalue weighted by atomic mass is 10.2. The van der Waals surface area contributed by atoms with Gasteiger partial charge in [-0.2, -0.15) is 10.1 Å². The summed E-state index contributed by atoms with van der Waals surface area (Å²) >= 11 is 0. The van der Waals surface area contributed by atoms with Gasteiger partial charge in [0.1, 0.15) is 0 Å². The Bertz CT molecular complexity index is 1630. The standard InChI is InChI=1S/C24H21N7O2/c1-29-21-20(22(32)30(2)24(29)33)31(15-16-8-4-3-5-9-16)23(27-21)28-25-14-18-13-12-17-10-6-7-11-19(17)26-18/h3-14H,15H2,1-2H3,(H,27,28)/b25-14-. The van der Waals surface area contributed by atoms with Crippen LogP contribution in [-0.4, -0.2) is 29.9 Å². The fourth-order valence-electron chi connectivity index (χ4n) is 3.76. The highest BCUT2D eigenvalue weighted by atomic mass is 16.2. The van der Waals surface area contributed by atoms with Crippen molar-refractivity contribution in [2.45, 2.75) is 6.54 Å². The second-order valence-corrected chi connectivity index (χ2v) is 7.68. The fourth-order valence-corrected chi connectivity index (χ4v) is 3.76. The van der Waals surface area contributed by atoms with Gasteiger partial charge in [0.05, 0.1) is 24.0 Å². The van der Waals surface area contributed by atoms with Crippen LogP contribution < -0.4 is 16.7 Å². The number of aromatic nitrogens is 5. The summed E-state index contributed by atoms with van der Waals surface area (Å²) in [5.74, 6) is 0.351. The van der Waals surface area contributed by atoms with E-state index in [9.17, 15) is 9.59 Å². The number of nitrogens with one attached hydrogen (secondary N) is 1. The maximum absolute atomic E-state index is 13.0. The van der Waals surface area contributed by atoms with Crippen LogP contribution in [0.5, 0.6) is 0 Å². The Morgan fingerprint density at radius 1 is 0.909 bits per heavy atom. The number of rotatable bonds is 5. The van der Waals surface area contributed by atoms with Crippen molar-refractivity contribution in [3.05, 3.63) is 98.8 Å². The molecule has 3 heterocycles. The second-order valence-electron chi connectivity index (χ2n) is 7.68. The summed E-state index contributed by atoms with van der Waals surface area (Å²) in [5.41, 5.74) is 5.23. The number of hydrogen-bond donors (Lipinski definition) is 1. The summed E-state index contributed by atoms with van der Waals surface area (Å²) < 4.78 is 4.17. The van der Waals surface area contributed by atoms with E-state index in [4.69, 9.17) is 0 Å². The third-order valence-electron chi connectivity index (χ3n) is 5.51. The van der Waals surface area contributed by atoms with Crippen molar-refractivity contribution in [1.82, 2.24) is 23.7 Å². The Balaban J connectivity index is 1.57. The number of hydrazone groups is 1. The van der Waals surface area contributed by atoms with Crippen molar-refractivity contribution in [3.8, 4) is 0 Å². The van der Waals surface area contributed by atoms with E-state index in [-0.39, 0.29) is 0 Å². The highest BCUT2D eigenvalue weighted by molar-refractivity contribution is 5.85. The molecule has 0 radical (unpaired) electrons. The van der Waals surface area contributed by atoms with Gasteiger partial charge in [-0.3, -0.25) is 18.5 Å². The van der Waals surface area contributed by atoms with Gasteiger partial charge in [0.2, 0.25) is 5.95 Å². The maximum atomic E-state index is 13.0. The van der Waals surface area contributed by atoms with Crippen LogP contribution in [0.25, 0.3) is 22.1 Å². The number of hydrogen-bond acceptors (Lipinski definition) is 6. The summed E-state index contributed by atoms with van der Waals surface area (Å²) in [7, 11) is 3.05. The molecular formula is C24H21N7O2. The molecular weight excluding hydrogens is 418 g/mol. The third-order valence-corrected chi connectivity index (χ3v) is 5.51. The minimum Gasteiger partial charge on any atom is -0.298 e. The largest absolute Gasteiger partial charge is 0.332 e. The molecule has 164 valence electrons. The van der Waals surface area contributed by atoms with E-state index in [0.29, 0.717) is 29.4 Å². The van der Waals surface area contributed by atoms with Gasteiger partial charge in [-0.25, -0.2) is 15.2 Å². The number of imidazole rings is 1. The van der Waals surface area contributed by atoms with Crippen LogP contribution in [-0.2, 0) is 20.6 Å². The van der Waals surface area contributed by atoms with Gasteiger partial charge >= 0.3 is 5.69 Å². The molecule has 0 spiro atoms. The summed E-state index contributed by atoms with van der Waals surface area (Å²) in [4.78, 5) is 34.5. The average Bonchev–Trinajstić information content (AvgIpc) is 3.20. The maximum Gasteiger partial charge on any atom is 0.332 e. The highest BCUT2D eigenvalue weighted by Crippen LogP contribution is 2.18. The summed E-state index contributed by atoms with van der Waals surface area (Å²) in [5, 5.41) is 5.35. The Morgan fingerprint density at radius 3 is 2.48 bits per heavy atom. The molecule has 0 aliphatic carbocycles. The Morgan fingerprint density at radius 2 is 1.67 bits per heavy atom. The molecule has 5 aromatic rings. The van der Waals surface area contributed by atoms with Gasteiger partial charge in [0.25, 0.3) is 5.56 Å². The summed E-state index contributed by atoms with van der Waals surface area (Å²) in [6, 6.07) is 21.4. The lowest BCUT2D eigenvalue weighted by Crippen LogP contribution is -2.37. The normalized spacial score (nSPS) is 11.6. The van der Waals surface area contributed by atoms with E-state index in [0.717, 1.165) is 21.0 Å². The van der Waals surface area contributed by atoms with Crippen LogP contribution in [0.15, 0.2) is 81.4 Å². The molecule has 33 heavy (non-hydrogen) atoms. The van der Waals surface area contributed by atoms with Crippen molar-refractivity contribution in [2.75, 3.05) is 5.43 Å². The first-order valence-corrected chi connectivity index (χ1v) is 10.4. The molecule has 0 aliphatic rings. The molecule has 2 aromatic carbocycles. The van der Waals surface area contributed by atoms with E-state index in [1.807, 2.05) is 66.7 Å². The highest BCUT2D eigenvalue weighted by Gasteiger charge is 2.19. The van der Waals surface area contributed by atoms with Crippen LogP contribution >= 0.6 is 0 Å². The number of aryl methyl sites for hydroxylation is 1. The monoisotopic (exact) mass is 439 g/mol. The molecule has 0 amide bonds. The topological polar surface area (TPSA) is 99.1 Å². The molecule has 0 fully saturated rings. The van der Waals surface area contributed by atoms with Crippen LogP contribution in [0.3, 0.4) is 0 Å². The fraction of sp³-hybridized carbons (Fsp3) is 0.125. The lowest BCUT2D eigenvalue weighted by molar-refractivity contribution is 0.702. The molecule has 0 atom stereocenters. The molecule has 5 rings (SSSR count). The molecule has 0 saturated heterocycles. The summed E-state index contributed by atoms with van der Waals surface area (Å²) in [6.07, 6.45) is 1.59. The number of fused-ring (bicyclic) bond motifs is 2. The zero-order valence-corrected chi connectivity index (χ0v) is 18.1. The van der Waals surface area contributed by atoms with Crippen molar-refractivity contribution in [1.29, 1.82) is 0 Å². The van der Waals surface area contributed by atoms with E-state index >= 15 is 0 Å². The van der Waals surface area contributed by atoms with Crippen molar-refractivity contribution in [2.24, 2.45) is 19.2 Å². The zero-order chi connectivity index (χ0) is 22.9. The van der Waals surface area contributed by atoms with Crippen LogP contribution in [0, 0.1) is 0 Å². The average molecular weight is 439 g/mol. The molecule has 9 nitrogen and oxygen atoms in total. The van der Waals surface area contributed by atoms with E-state index in [2.05, 4.69) is 20.5 Å². The number of nitrogens with zero attached hydrogens (tertiary/aromatic N) is 6. The molecule has 0 unspecified atom stereocenters. The first-order valence-electron chi connectivity index (χ1n) is 10.4. The van der Waals surface area contributed by atoms with Crippen molar-refractivity contribution >= 4 is 34.2 Å². The summed E-state index contributed by atoms with van der Waals surface area (Å²) in [6.45, 7) is 0.386. The van der Waals surface area contributed by atoms with Crippen LogP contribution in [0.2, 0.25) is 0 Å². The molecule has 0 aliphatic heterocycles. The van der Waals surface area contributed by atoms with Gasteiger partial charge in [-0.15, -0.1) is 0 Å². The lowest BCUT2D eigenvalue weighted by Gasteiger charge is -2.09. The molecule has 9 heteroatoms. The van der Waals surface area contributed by atoms with Gasteiger partial charge in [0.15, 0.2) is 11.2 Å². The molecule has 1 N–H and O–H groups in total.